The van der Waals surface area contributed by atoms with Crippen LogP contribution in [0.25, 0.3) is 22.6 Å². The summed E-state index contributed by atoms with van der Waals surface area (Å²) < 4.78 is 6.52. The predicted molar refractivity (Wildman–Crippen MR) is 150 cm³/mol. The minimum atomic E-state index is 0. The minimum Gasteiger partial charge on any atom is -0.501 e. The Labute approximate surface area is 239 Å². The van der Waals surface area contributed by atoms with Crippen molar-refractivity contribution >= 4 is 17.1 Å². The van der Waals surface area contributed by atoms with Crippen molar-refractivity contribution < 1.29 is 25.5 Å². The van der Waals surface area contributed by atoms with E-state index in [2.05, 4.69) is 91.8 Å². The molecule has 5 heteroatoms. The maximum atomic E-state index is 6.52. The van der Waals surface area contributed by atoms with E-state index < -0.39 is 0 Å². The molecule has 0 saturated carbocycles. The van der Waals surface area contributed by atoms with Crippen LogP contribution < -0.4 is 9.80 Å². The van der Waals surface area contributed by atoms with Crippen LogP contribution in [0.5, 0.6) is 0 Å². The fourth-order valence-corrected chi connectivity index (χ4v) is 5.20. The molecule has 4 aromatic carbocycles. The van der Waals surface area contributed by atoms with Gasteiger partial charge in [-0.3, -0.25) is 4.98 Å². The van der Waals surface area contributed by atoms with Crippen molar-refractivity contribution in [3.05, 3.63) is 126 Å². The molecule has 0 aliphatic carbocycles. The molecule has 0 saturated heterocycles. The van der Waals surface area contributed by atoms with Crippen molar-refractivity contribution in [2.75, 3.05) is 16.3 Å². The summed E-state index contributed by atoms with van der Waals surface area (Å²) in [7, 11) is 0. The molecule has 2 heterocycles. The van der Waals surface area contributed by atoms with Gasteiger partial charge in [-0.15, -0.1) is 41.6 Å². The Morgan fingerprint density at radius 1 is 0.842 bits per heavy atom. The summed E-state index contributed by atoms with van der Waals surface area (Å²) in [6.07, 6.45) is 0.668. The average Bonchev–Trinajstić information content (AvgIpc) is 3.50. The largest absolute Gasteiger partial charge is 0.501 e. The number of para-hydroxylation sites is 3. The Morgan fingerprint density at radius 2 is 1.53 bits per heavy atom. The fraction of sp³-hybridized carbons (Fsp3) is 0.152. The molecule has 0 spiro atoms. The second-order valence-electron chi connectivity index (χ2n) is 9.50. The quantitative estimate of drug-likeness (QED) is 0.172. The number of benzene rings is 4. The molecule has 0 atom stereocenters. The second-order valence-corrected chi connectivity index (χ2v) is 9.50. The van der Waals surface area contributed by atoms with Crippen molar-refractivity contribution in [2.24, 2.45) is 0 Å². The SMILES string of the molecule is Cc1cc(C)c(-c2oc(CCN3[CH-]N(c4[c-]cccc4)c4ccccc43)nc2-c2[c-]cccc2)c(C)c1.[Pt]. The third kappa shape index (κ3) is 4.93. The molecule has 194 valence electrons. The number of oxazole rings is 1. The first kappa shape index (κ1) is 26.0. The molecule has 38 heavy (non-hydrogen) atoms. The van der Waals surface area contributed by atoms with Gasteiger partial charge in [0, 0.05) is 50.1 Å². The smallest absolute Gasteiger partial charge is 0.186 e. The van der Waals surface area contributed by atoms with Gasteiger partial charge in [-0.05, 0) is 50.6 Å². The summed E-state index contributed by atoms with van der Waals surface area (Å²) in [5.41, 5.74) is 9.84. The fourth-order valence-electron chi connectivity index (χ4n) is 5.20. The Balaban J connectivity index is 0.00000294. The topological polar surface area (TPSA) is 32.5 Å². The summed E-state index contributed by atoms with van der Waals surface area (Å²) in [6, 6.07) is 35.5. The molecule has 0 N–H and O–H groups in total. The van der Waals surface area contributed by atoms with Crippen molar-refractivity contribution in [1.29, 1.82) is 0 Å². The van der Waals surface area contributed by atoms with E-state index in [1.165, 1.54) is 16.7 Å². The predicted octanol–water partition coefficient (Wildman–Crippen LogP) is 7.85. The van der Waals surface area contributed by atoms with Gasteiger partial charge in [0.15, 0.2) is 5.89 Å². The van der Waals surface area contributed by atoms with E-state index >= 15 is 0 Å². The number of anilines is 3. The number of hydrogen-bond donors (Lipinski definition) is 0. The molecule has 1 aromatic heterocycles. The van der Waals surface area contributed by atoms with Gasteiger partial charge in [-0.2, -0.15) is 37.0 Å². The zero-order valence-corrected chi connectivity index (χ0v) is 23.9. The first-order chi connectivity index (χ1) is 18.1. The molecular formula is C33H28N3OPt-3. The summed E-state index contributed by atoms with van der Waals surface area (Å²) in [5.74, 6) is 1.54. The number of hydrogen-bond acceptors (Lipinski definition) is 4. The van der Waals surface area contributed by atoms with Crippen molar-refractivity contribution in [2.45, 2.75) is 27.2 Å². The standard InChI is InChI=1S/C33H28N3O.Pt/c1-23-20-24(2)31(25(3)21-23)33-32(26-12-6-4-7-13-26)34-30(37-33)18-19-35-22-36(27-14-8-5-9-15-27)29-17-11-10-16-28(29)35;/h4-12,14,16-17,20-22H,18-19H2,1-3H3;/q-3;. The number of rotatable bonds is 6. The number of fused-ring (bicyclic) bond motifs is 1. The van der Waals surface area contributed by atoms with Crippen LogP contribution in [0, 0.1) is 39.6 Å². The Bertz CT molecular complexity index is 1520. The monoisotopic (exact) mass is 677 g/mol. The van der Waals surface area contributed by atoms with Crippen LogP contribution in [-0.2, 0) is 27.5 Å². The van der Waals surface area contributed by atoms with Gasteiger partial charge in [-0.25, -0.2) is 0 Å². The van der Waals surface area contributed by atoms with Crippen LogP contribution in [0.15, 0.2) is 89.3 Å². The third-order valence-corrected chi connectivity index (χ3v) is 6.76. The zero-order valence-electron chi connectivity index (χ0n) is 21.6. The molecule has 0 fully saturated rings. The third-order valence-electron chi connectivity index (χ3n) is 6.76. The Kier molecular flexibility index (Phi) is 7.53. The van der Waals surface area contributed by atoms with E-state index in [9.17, 15) is 0 Å². The Hall–Kier alpha value is -3.62. The first-order valence-corrected chi connectivity index (χ1v) is 12.6. The molecule has 0 radical (unpaired) electrons. The van der Waals surface area contributed by atoms with Gasteiger partial charge in [-0.1, -0.05) is 29.8 Å². The van der Waals surface area contributed by atoms with Gasteiger partial charge in [0.2, 0.25) is 0 Å². The van der Waals surface area contributed by atoms with Crippen LogP contribution in [0.4, 0.5) is 17.1 Å². The molecule has 5 aromatic rings. The second kappa shape index (κ2) is 11.0. The maximum Gasteiger partial charge on any atom is 0.186 e. The first-order valence-electron chi connectivity index (χ1n) is 12.6. The molecule has 0 unspecified atom stereocenters. The van der Waals surface area contributed by atoms with E-state index in [-0.39, 0.29) is 21.1 Å². The van der Waals surface area contributed by atoms with E-state index in [4.69, 9.17) is 9.40 Å². The summed E-state index contributed by atoms with van der Waals surface area (Å²) in [5, 5.41) is 0. The van der Waals surface area contributed by atoms with Gasteiger partial charge in [0.05, 0.1) is 0 Å². The van der Waals surface area contributed by atoms with Gasteiger partial charge < -0.3 is 14.2 Å². The Morgan fingerprint density at radius 3 is 2.21 bits per heavy atom. The van der Waals surface area contributed by atoms with Crippen molar-refractivity contribution in [3.8, 4) is 22.6 Å². The van der Waals surface area contributed by atoms with Crippen LogP contribution in [0.3, 0.4) is 0 Å². The molecule has 1 aliphatic heterocycles. The van der Waals surface area contributed by atoms with E-state index in [1.54, 1.807) is 0 Å². The van der Waals surface area contributed by atoms with Crippen LogP contribution >= 0.6 is 0 Å². The maximum absolute atomic E-state index is 6.52. The van der Waals surface area contributed by atoms with Crippen molar-refractivity contribution in [3.63, 3.8) is 0 Å². The van der Waals surface area contributed by atoms with Crippen molar-refractivity contribution in [1.82, 2.24) is 4.98 Å². The minimum absolute atomic E-state index is 0. The molecule has 4 nitrogen and oxygen atoms in total. The summed E-state index contributed by atoms with van der Waals surface area (Å²) in [6.45, 7) is 9.29. The molecule has 6 rings (SSSR count). The number of nitrogens with zero attached hydrogens (tertiary/aromatic N) is 3. The van der Waals surface area contributed by atoms with Gasteiger partial charge in [0.25, 0.3) is 0 Å². The molecule has 0 bridgehead atoms. The summed E-state index contributed by atoms with van der Waals surface area (Å²) in [4.78, 5) is 9.44. The van der Waals surface area contributed by atoms with Gasteiger partial charge in [0.1, 0.15) is 5.76 Å². The summed E-state index contributed by atoms with van der Waals surface area (Å²) >= 11 is 0. The number of aromatic nitrogens is 1. The van der Waals surface area contributed by atoms with Crippen LogP contribution in [-0.4, -0.2) is 11.5 Å². The van der Waals surface area contributed by atoms with E-state index in [0.717, 1.165) is 52.1 Å². The van der Waals surface area contributed by atoms with Crippen LogP contribution in [0.1, 0.15) is 22.6 Å². The van der Waals surface area contributed by atoms with E-state index in [1.807, 2.05) is 42.5 Å². The van der Waals surface area contributed by atoms with E-state index in [0.29, 0.717) is 6.42 Å². The van der Waals surface area contributed by atoms with Gasteiger partial charge >= 0.3 is 0 Å². The van der Waals surface area contributed by atoms with Crippen LogP contribution in [0.2, 0.25) is 0 Å². The number of aryl methyl sites for hydroxylation is 3. The molecule has 1 aliphatic rings. The molecular weight excluding hydrogens is 649 g/mol. The average molecular weight is 678 g/mol. The molecule has 0 amide bonds. The zero-order chi connectivity index (χ0) is 25.4. The normalized spacial score (nSPS) is 12.4.